The molecule has 3 heterocycles. The van der Waals surface area contributed by atoms with Gasteiger partial charge in [-0.3, -0.25) is 14.8 Å². The Morgan fingerprint density at radius 3 is 2.86 bits per heavy atom. The zero-order valence-corrected chi connectivity index (χ0v) is 12.9. The van der Waals surface area contributed by atoms with E-state index in [0.29, 0.717) is 12.6 Å². The van der Waals surface area contributed by atoms with Crippen molar-refractivity contribution in [3.8, 4) is 0 Å². The van der Waals surface area contributed by atoms with Gasteiger partial charge in [0.2, 0.25) is 0 Å². The third kappa shape index (κ3) is 2.58. The van der Waals surface area contributed by atoms with E-state index in [9.17, 15) is 4.79 Å². The molecule has 1 saturated carbocycles. The van der Waals surface area contributed by atoms with Crippen LogP contribution in [0.5, 0.6) is 0 Å². The summed E-state index contributed by atoms with van der Waals surface area (Å²) in [5, 5.41) is 0. The molecule has 1 amide bonds. The van der Waals surface area contributed by atoms with Crippen molar-refractivity contribution >= 4 is 6.09 Å². The highest BCUT2D eigenvalue weighted by Gasteiger charge is 2.48. The SMILES string of the molecule is O=C1O[C@H]2CN(C3CCCC3)C[C@H]2N1CCc1ccccn1. The van der Waals surface area contributed by atoms with E-state index < -0.39 is 0 Å². The summed E-state index contributed by atoms with van der Waals surface area (Å²) in [6.07, 6.45) is 7.83. The van der Waals surface area contributed by atoms with Crippen LogP contribution in [-0.2, 0) is 11.2 Å². The molecule has 0 aromatic carbocycles. The quantitative estimate of drug-likeness (QED) is 0.854. The predicted octanol–water partition coefficient (Wildman–Crippen LogP) is 2.07. The lowest BCUT2D eigenvalue weighted by Crippen LogP contribution is -2.40. The Morgan fingerprint density at radius 1 is 1.23 bits per heavy atom. The van der Waals surface area contributed by atoms with Gasteiger partial charge in [-0.2, -0.15) is 0 Å². The van der Waals surface area contributed by atoms with Crippen molar-refractivity contribution in [3.05, 3.63) is 30.1 Å². The van der Waals surface area contributed by atoms with E-state index in [1.54, 1.807) is 6.20 Å². The van der Waals surface area contributed by atoms with Gasteiger partial charge in [0.25, 0.3) is 0 Å². The minimum Gasteiger partial charge on any atom is -0.442 e. The third-order valence-electron chi connectivity index (χ3n) is 5.33. The van der Waals surface area contributed by atoms with Gasteiger partial charge < -0.3 is 4.74 Å². The van der Waals surface area contributed by atoms with Gasteiger partial charge in [-0.15, -0.1) is 0 Å². The van der Waals surface area contributed by atoms with Crippen molar-refractivity contribution in [2.75, 3.05) is 19.6 Å². The number of aromatic nitrogens is 1. The lowest BCUT2D eigenvalue weighted by atomic mass is 10.2. The van der Waals surface area contributed by atoms with Crippen LogP contribution in [0.2, 0.25) is 0 Å². The zero-order valence-electron chi connectivity index (χ0n) is 12.9. The summed E-state index contributed by atoms with van der Waals surface area (Å²) >= 11 is 0. The molecule has 3 fully saturated rings. The summed E-state index contributed by atoms with van der Waals surface area (Å²) in [5.41, 5.74) is 1.03. The maximum absolute atomic E-state index is 12.1. The number of carbonyl (C=O) groups excluding carboxylic acids is 1. The van der Waals surface area contributed by atoms with Crippen molar-refractivity contribution in [3.63, 3.8) is 0 Å². The molecule has 5 heteroatoms. The first kappa shape index (κ1) is 14.0. The van der Waals surface area contributed by atoms with Crippen LogP contribution in [0.3, 0.4) is 0 Å². The summed E-state index contributed by atoms with van der Waals surface area (Å²) in [6, 6.07) is 6.86. The number of nitrogens with zero attached hydrogens (tertiary/aromatic N) is 3. The highest BCUT2D eigenvalue weighted by molar-refractivity contribution is 5.71. The normalized spacial score (nSPS) is 29.1. The van der Waals surface area contributed by atoms with Crippen molar-refractivity contribution in [1.29, 1.82) is 0 Å². The van der Waals surface area contributed by atoms with Crippen molar-refractivity contribution in [1.82, 2.24) is 14.8 Å². The first-order valence-electron chi connectivity index (χ1n) is 8.42. The lowest BCUT2D eigenvalue weighted by molar-refractivity contribution is 0.112. The Hall–Kier alpha value is -1.62. The van der Waals surface area contributed by atoms with Crippen LogP contribution in [0.1, 0.15) is 31.4 Å². The van der Waals surface area contributed by atoms with Crippen LogP contribution < -0.4 is 0 Å². The number of rotatable bonds is 4. The Bertz CT molecular complexity index is 530. The minimum absolute atomic E-state index is 0.0665. The Balaban J connectivity index is 1.39. The van der Waals surface area contributed by atoms with E-state index >= 15 is 0 Å². The van der Waals surface area contributed by atoms with Gasteiger partial charge in [0, 0.05) is 44.0 Å². The van der Waals surface area contributed by atoms with Gasteiger partial charge in [0.15, 0.2) is 0 Å². The van der Waals surface area contributed by atoms with Gasteiger partial charge in [0.1, 0.15) is 6.10 Å². The minimum atomic E-state index is -0.142. The van der Waals surface area contributed by atoms with E-state index in [0.717, 1.165) is 25.2 Å². The van der Waals surface area contributed by atoms with Gasteiger partial charge in [-0.1, -0.05) is 18.9 Å². The first-order chi connectivity index (χ1) is 10.8. The van der Waals surface area contributed by atoms with Gasteiger partial charge in [0.05, 0.1) is 6.04 Å². The number of amides is 1. The summed E-state index contributed by atoms with van der Waals surface area (Å²) < 4.78 is 5.60. The molecule has 118 valence electrons. The predicted molar refractivity (Wildman–Crippen MR) is 82.5 cm³/mol. The smallest absolute Gasteiger partial charge is 0.410 e. The summed E-state index contributed by atoms with van der Waals surface area (Å²) in [7, 11) is 0. The molecular formula is C17H23N3O2. The molecule has 1 aromatic rings. The molecule has 22 heavy (non-hydrogen) atoms. The van der Waals surface area contributed by atoms with E-state index in [1.807, 2.05) is 23.1 Å². The zero-order chi connectivity index (χ0) is 14.9. The number of ether oxygens (including phenoxy) is 1. The first-order valence-corrected chi connectivity index (χ1v) is 8.42. The molecule has 0 spiro atoms. The Labute approximate surface area is 131 Å². The molecule has 5 nitrogen and oxygen atoms in total. The van der Waals surface area contributed by atoms with Gasteiger partial charge >= 0.3 is 6.09 Å². The standard InChI is InChI=1S/C17H23N3O2/c21-17-20(10-8-13-5-3-4-9-18-13)15-11-19(12-16(15)22-17)14-6-1-2-7-14/h3-5,9,14-16H,1-2,6-8,10-12H2/t15-,16+/m1/s1. The summed E-state index contributed by atoms with van der Waals surface area (Å²) in [5.74, 6) is 0. The van der Waals surface area contributed by atoms with E-state index in [4.69, 9.17) is 4.74 Å². The molecule has 0 radical (unpaired) electrons. The van der Waals surface area contributed by atoms with Crippen molar-refractivity contribution in [2.24, 2.45) is 0 Å². The second-order valence-electron chi connectivity index (χ2n) is 6.65. The van der Waals surface area contributed by atoms with Crippen LogP contribution >= 0.6 is 0 Å². The second kappa shape index (κ2) is 5.88. The average Bonchev–Trinajstić information content (AvgIpc) is 3.22. The molecule has 4 rings (SSSR count). The molecule has 3 aliphatic rings. The molecule has 2 atom stereocenters. The summed E-state index contributed by atoms with van der Waals surface area (Å²) in [4.78, 5) is 20.9. The topological polar surface area (TPSA) is 45.7 Å². The molecular weight excluding hydrogens is 278 g/mol. The fourth-order valence-corrected chi connectivity index (χ4v) is 4.14. The molecule has 0 N–H and O–H groups in total. The molecule has 2 saturated heterocycles. The number of carbonyl (C=O) groups is 1. The van der Waals surface area contributed by atoms with Crippen LogP contribution in [0.25, 0.3) is 0 Å². The van der Waals surface area contributed by atoms with Crippen molar-refractivity contribution < 1.29 is 9.53 Å². The molecule has 1 aliphatic carbocycles. The van der Waals surface area contributed by atoms with Gasteiger partial charge in [-0.05, 0) is 25.0 Å². The monoisotopic (exact) mass is 301 g/mol. The van der Waals surface area contributed by atoms with E-state index in [2.05, 4.69) is 9.88 Å². The van der Waals surface area contributed by atoms with E-state index in [1.165, 1.54) is 25.7 Å². The van der Waals surface area contributed by atoms with Crippen LogP contribution in [0.4, 0.5) is 4.79 Å². The van der Waals surface area contributed by atoms with E-state index in [-0.39, 0.29) is 18.2 Å². The maximum Gasteiger partial charge on any atom is 0.410 e. The number of pyridine rings is 1. The molecule has 0 unspecified atom stereocenters. The van der Waals surface area contributed by atoms with Crippen LogP contribution in [-0.4, -0.2) is 58.7 Å². The number of hydrogen-bond acceptors (Lipinski definition) is 4. The lowest BCUT2D eigenvalue weighted by Gasteiger charge is -2.26. The Kier molecular flexibility index (Phi) is 3.74. The summed E-state index contributed by atoms with van der Waals surface area (Å²) in [6.45, 7) is 2.60. The molecule has 0 bridgehead atoms. The molecule has 1 aromatic heterocycles. The fraction of sp³-hybridized carbons (Fsp3) is 0.647. The van der Waals surface area contributed by atoms with Crippen LogP contribution in [0.15, 0.2) is 24.4 Å². The highest BCUT2D eigenvalue weighted by atomic mass is 16.6. The third-order valence-corrected chi connectivity index (χ3v) is 5.33. The van der Waals surface area contributed by atoms with Crippen LogP contribution in [0, 0.1) is 0 Å². The largest absolute Gasteiger partial charge is 0.442 e. The van der Waals surface area contributed by atoms with Crippen molar-refractivity contribution in [2.45, 2.75) is 50.3 Å². The number of fused-ring (bicyclic) bond motifs is 1. The number of likely N-dealkylation sites (tertiary alicyclic amines) is 1. The second-order valence-corrected chi connectivity index (χ2v) is 6.65. The number of hydrogen-bond donors (Lipinski definition) is 0. The highest BCUT2D eigenvalue weighted by Crippen LogP contribution is 2.32. The average molecular weight is 301 g/mol. The fourth-order valence-electron chi connectivity index (χ4n) is 4.14. The van der Waals surface area contributed by atoms with Gasteiger partial charge in [-0.25, -0.2) is 4.79 Å². The molecule has 2 aliphatic heterocycles. The Morgan fingerprint density at radius 2 is 2.09 bits per heavy atom. The maximum atomic E-state index is 12.1.